The third-order valence-corrected chi connectivity index (χ3v) is 3.44. The molecule has 0 bridgehead atoms. The van der Waals surface area contributed by atoms with Crippen LogP contribution in [0.4, 0.5) is 0 Å². The summed E-state index contributed by atoms with van der Waals surface area (Å²) in [6.45, 7) is 5.36. The van der Waals surface area contributed by atoms with Crippen LogP contribution in [0.25, 0.3) is 6.08 Å². The second-order valence-electron chi connectivity index (χ2n) is 4.76. The van der Waals surface area contributed by atoms with Gasteiger partial charge in [0.25, 0.3) is 0 Å². The first-order valence-electron chi connectivity index (χ1n) is 6.98. The maximum atomic E-state index is 11.4. The maximum absolute atomic E-state index is 11.4. The van der Waals surface area contributed by atoms with Crippen molar-refractivity contribution in [2.45, 2.75) is 26.1 Å². The van der Waals surface area contributed by atoms with Gasteiger partial charge in [-0.25, -0.2) is 4.79 Å². The fourth-order valence-electron chi connectivity index (χ4n) is 1.98. The van der Waals surface area contributed by atoms with Crippen molar-refractivity contribution >= 4 is 23.6 Å². The number of carbonyl (C=O) groups is 1. The van der Waals surface area contributed by atoms with E-state index in [2.05, 4.69) is 0 Å². The molecule has 1 aromatic carbocycles. The van der Waals surface area contributed by atoms with E-state index < -0.39 is 0 Å². The lowest BCUT2D eigenvalue weighted by Gasteiger charge is -2.17. The van der Waals surface area contributed by atoms with Gasteiger partial charge in [0.15, 0.2) is 0 Å². The molecule has 1 fully saturated rings. The normalized spacial score (nSPS) is 18.7. The molecule has 1 unspecified atom stereocenters. The number of benzene rings is 1. The minimum atomic E-state index is -0.372. The van der Waals surface area contributed by atoms with Crippen LogP contribution in [-0.2, 0) is 19.0 Å². The number of rotatable bonds is 7. The number of hydrogen-bond donors (Lipinski definition) is 0. The van der Waals surface area contributed by atoms with Crippen molar-refractivity contribution in [2.75, 3.05) is 19.8 Å². The second-order valence-corrected chi connectivity index (χ2v) is 5.17. The Balaban J connectivity index is 2.12. The van der Waals surface area contributed by atoms with E-state index >= 15 is 0 Å². The Morgan fingerprint density at radius 3 is 3.00 bits per heavy atom. The summed E-state index contributed by atoms with van der Waals surface area (Å²) in [6.07, 6.45) is 3.13. The quantitative estimate of drug-likeness (QED) is 0.440. The molecule has 0 aliphatic carbocycles. The van der Waals surface area contributed by atoms with Gasteiger partial charge in [-0.15, -0.1) is 0 Å². The molecule has 1 aliphatic rings. The van der Waals surface area contributed by atoms with Gasteiger partial charge in [0, 0.05) is 16.7 Å². The molecule has 1 saturated heterocycles. The van der Waals surface area contributed by atoms with Crippen LogP contribution in [0, 0.1) is 0 Å². The highest BCUT2D eigenvalue weighted by atomic mass is 35.5. The lowest BCUT2D eigenvalue weighted by atomic mass is 10.0. The molecule has 5 heteroatoms. The van der Waals surface area contributed by atoms with Gasteiger partial charge in [-0.3, -0.25) is 0 Å². The Labute approximate surface area is 129 Å². The van der Waals surface area contributed by atoms with Crippen molar-refractivity contribution in [1.82, 2.24) is 0 Å². The van der Waals surface area contributed by atoms with Gasteiger partial charge in [0.1, 0.15) is 6.10 Å². The summed E-state index contributed by atoms with van der Waals surface area (Å²) < 4.78 is 15.8. The lowest BCUT2D eigenvalue weighted by Crippen LogP contribution is -2.08. The molecule has 0 radical (unpaired) electrons. The minimum Gasteiger partial charge on any atom is -0.463 e. The zero-order valence-corrected chi connectivity index (χ0v) is 12.9. The minimum absolute atomic E-state index is 0.176. The molecule has 21 heavy (non-hydrogen) atoms. The predicted molar refractivity (Wildman–Crippen MR) is 81.2 cm³/mol. The fraction of sp³-hybridized carbons (Fsp3) is 0.438. The number of halogens is 1. The molecule has 1 aromatic rings. The summed E-state index contributed by atoms with van der Waals surface area (Å²) in [4.78, 5) is 11.4. The number of carbonyl (C=O) groups excluding carboxylic acids is 1. The molecular formula is C16H19ClO4. The standard InChI is InChI=1S/C16H19ClO4/c1-3-19-15(18)8-7-12-5-4-6-14(17)16(12)11(2)20-9-13-10-21-13/h4-8,11,13H,3,9-10H2,1-2H3/b8-7+/t11?,13-/m0/s1. The van der Waals surface area contributed by atoms with E-state index in [4.69, 9.17) is 25.8 Å². The number of ether oxygens (including phenoxy) is 3. The monoisotopic (exact) mass is 310 g/mol. The van der Waals surface area contributed by atoms with Crippen molar-refractivity contribution in [3.63, 3.8) is 0 Å². The summed E-state index contributed by atoms with van der Waals surface area (Å²) in [5, 5.41) is 0.616. The van der Waals surface area contributed by atoms with Crippen LogP contribution in [0.15, 0.2) is 24.3 Å². The third-order valence-electron chi connectivity index (χ3n) is 3.11. The van der Waals surface area contributed by atoms with Crippen molar-refractivity contribution in [1.29, 1.82) is 0 Å². The Kier molecular flexibility index (Phi) is 5.79. The molecule has 4 nitrogen and oxygen atoms in total. The number of epoxide rings is 1. The Hall–Kier alpha value is -1.36. The molecule has 2 rings (SSSR count). The summed E-state index contributed by atoms with van der Waals surface area (Å²) in [5.41, 5.74) is 1.71. The van der Waals surface area contributed by atoms with E-state index in [-0.39, 0.29) is 18.2 Å². The van der Waals surface area contributed by atoms with Crippen LogP contribution in [0.3, 0.4) is 0 Å². The summed E-state index contributed by atoms with van der Waals surface area (Å²) in [6, 6.07) is 5.55. The first-order valence-corrected chi connectivity index (χ1v) is 7.36. The smallest absolute Gasteiger partial charge is 0.330 e. The third kappa shape index (κ3) is 4.84. The van der Waals surface area contributed by atoms with Crippen molar-refractivity contribution in [3.8, 4) is 0 Å². The Morgan fingerprint density at radius 2 is 2.33 bits per heavy atom. The Morgan fingerprint density at radius 1 is 1.57 bits per heavy atom. The number of esters is 1. The van der Waals surface area contributed by atoms with Gasteiger partial charge < -0.3 is 14.2 Å². The average Bonchev–Trinajstić information content (AvgIpc) is 3.27. The zero-order chi connectivity index (χ0) is 15.2. The van der Waals surface area contributed by atoms with E-state index in [1.165, 1.54) is 6.08 Å². The van der Waals surface area contributed by atoms with E-state index in [1.807, 2.05) is 25.1 Å². The zero-order valence-electron chi connectivity index (χ0n) is 12.2. The molecule has 0 saturated carbocycles. The molecule has 1 aliphatic heterocycles. The van der Waals surface area contributed by atoms with Gasteiger partial charge in [0.2, 0.25) is 0 Å². The summed E-state index contributed by atoms with van der Waals surface area (Å²) in [7, 11) is 0. The highest BCUT2D eigenvalue weighted by Gasteiger charge is 2.24. The first kappa shape index (κ1) is 16.0. The van der Waals surface area contributed by atoms with E-state index in [9.17, 15) is 4.79 Å². The van der Waals surface area contributed by atoms with Crippen molar-refractivity contribution in [3.05, 3.63) is 40.4 Å². The highest BCUT2D eigenvalue weighted by molar-refractivity contribution is 6.31. The molecule has 0 N–H and O–H groups in total. The van der Waals surface area contributed by atoms with Crippen molar-refractivity contribution < 1.29 is 19.0 Å². The first-order chi connectivity index (χ1) is 10.1. The van der Waals surface area contributed by atoms with Crippen LogP contribution in [0.5, 0.6) is 0 Å². The molecule has 114 valence electrons. The van der Waals surface area contributed by atoms with Crippen LogP contribution in [0.2, 0.25) is 5.02 Å². The van der Waals surface area contributed by atoms with Gasteiger partial charge >= 0.3 is 5.97 Å². The SMILES string of the molecule is CCOC(=O)/C=C/c1cccc(Cl)c1C(C)OC[C@H]1CO1. The highest BCUT2D eigenvalue weighted by Crippen LogP contribution is 2.30. The van der Waals surface area contributed by atoms with Crippen LogP contribution in [-0.4, -0.2) is 31.9 Å². The number of hydrogen-bond acceptors (Lipinski definition) is 4. The Bertz CT molecular complexity index is 523. The van der Waals surface area contributed by atoms with Crippen LogP contribution >= 0.6 is 11.6 Å². The van der Waals surface area contributed by atoms with Gasteiger partial charge in [-0.05, 0) is 31.6 Å². The van der Waals surface area contributed by atoms with Gasteiger partial charge in [-0.1, -0.05) is 23.7 Å². The maximum Gasteiger partial charge on any atom is 0.330 e. The van der Waals surface area contributed by atoms with Crippen molar-refractivity contribution in [2.24, 2.45) is 0 Å². The van der Waals surface area contributed by atoms with Gasteiger partial charge in [-0.2, -0.15) is 0 Å². The van der Waals surface area contributed by atoms with E-state index in [1.54, 1.807) is 13.0 Å². The largest absolute Gasteiger partial charge is 0.463 e. The second kappa shape index (κ2) is 7.59. The topological polar surface area (TPSA) is 48.1 Å². The molecular weight excluding hydrogens is 292 g/mol. The van der Waals surface area contributed by atoms with Crippen LogP contribution in [0.1, 0.15) is 31.1 Å². The lowest BCUT2D eigenvalue weighted by molar-refractivity contribution is -0.137. The fourth-order valence-corrected chi connectivity index (χ4v) is 2.31. The molecule has 0 amide bonds. The molecule has 0 spiro atoms. The predicted octanol–water partition coefficient (Wildman–Crippen LogP) is 3.39. The molecule has 2 atom stereocenters. The summed E-state index contributed by atoms with van der Waals surface area (Å²) >= 11 is 6.27. The van der Waals surface area contributed by atoms with Crippen LogP contribution < -0.4 is 0 Å². The van der Waals surface area contributed by atoms with E-state index in [0.717, 1.165) is 17.7 Å². The van der Waals surface area contributed by atoms with E-state index in [0.29, 0.717) is 18.2 Å². The summed E-state index contributed by atoms with van der Waals surface area (Å²) in [5.74, 6) is -0.372. The average molecular weight is 311 g/mol. The molecule has 1 heterocycles. The van der Waals surface area contributed by atoms with Gasteiger partial charge in [0.05, 0.1) is 25.9 Å². The molecule has 0 aromatic heterocycles.